The molecule has 1 nitrogen and oxygen atoms in total. The first-order valence-corrected chi connectivity index (χ1v) is 6.44. The van der Waals surface area contributed by atoms with Gasteiger partial charge in [-0.05, 0) is 38.8 Å². The maximum atomic E-state index is 4.60. The fourth-order valence-electron chi connectivity index (χ4n) is 1.41. The van der Waals surface area contributed by atoms with Gasteiger partial charge in [-0.3, -0.25) is 4.99 Å². The van der Waals surface area contributed by atoms with Crippen molar-refractivity contribution in [2.24, 2.45) is 4.99 Å². The van der Waals surface area contributed by atoms with Crippen LogP contribution >= 0.6 is 0 Å². The highest BCUT2D eigenvalue weighted by atomic mass is 14.8. The number of hydrogen-bond acceptors (Lipinski definition) is 1. The third-order valence-corrected chi connectivity index (χ3v) is 2.59. The van der Waals surface area contributed by atoms with Gasteiger partial charge in [0.15, 0.2) is 0 Å². The van der Waals surface area contributed by atoms with E-state index in [2.05, 4.69) is 44.7 Å². The molecule has 0 aromatic heterocycles. The fraction of sp³-hybridized carbons (Fsp3) is 0.278. The Bertz CT molecular complexity index is 464. The molecule has 0 aliphatic heterocycles. The van der Waals surface area contributed by atoms with Crippen molar-refractivity contribution in [2.75, 3.05) is 0 Å². The Balaban J connectivity index is 5.30. The third-order valence-electron chi connectivity index (χ3n) is 2.59. The Labute approximate surface area is 118 Å². The lowest BCUT2D eigenvalue weighted by Crippen LogP contribution is -2.00. The van der Waals surface area contributed by atoms with Crippen LogP contribution in [0.4, 0.5) is 0 Å². The van der Waals surface area contributed by atoms with Crippen LogP contribution in [0.15, 0.2) is 77.5 Å². The minimum absolute atomic E-state index is 0.709. The fourth-order valence-corrected chi connectivity index (χ4v) is 1.41. The molecule has 1 heteroatoms. The summed E-state index contributed by atoms with van der Waals surface area (Å²) in [6.45, 7) is 19.7. The van der Waals surface area contributed by atoms with Gasteiger partial charge >= 0.3 is 0 Å². The van der Waals surface area contributed by atoms with Crippen LogP contribution in [0, 0.1) is 0 Å². The molecule has 0 amide bonds. The molecule has 0 atom stereocenters. The van der Waals surface area contributed by atoms with E-state index in [4.69, 9.17) is 0 Å². The van der Waals surface area contributed by atoms with Crippen molar-refractivity contribution in [3.63, 3.8) is 0 Å². The summed E-state index contributed by atoms with van der Waals surface area (Å²) in [5, 5.41) is 0. The van der Waals surface area contributed by atoms with Crippen LogP contribution < -0.4 is 0 Å². The molecule has 0 unspecified atom stereocenters. The van der Waals surface area contributed by atoms with Crippen molar-refractivity contribution in [2.45, 2.75) is 34.1 Å². The number of rotatable bonds is 7. The Morgan fingerprint density at radius 2 is 1.74 bits per heavy atom. The van der Waals surface area contributed by atoms with Gasteiger partial charge < -0.3 is 0 Å². The second kappa shape index (κ2) is 9.09. The van der Waals surface area contributed by atoms with Crippen molar-refractivity contribution >= 4 is 5.71 Å². The van der Waals surface area contributed by atoms with Gasteiger partial charge in [-0.25, -0.2) is 0 Å². The van der Waals surface area contributed by atoms with Crippen molar-refractivity contribution in [3.05, 3.63) is 72.5 Å². The first-order chi connectivity index (χ1) is 8.96. The molecule has 0 aromatic carbocycles. The molecular formula is C18H25N. The summed E-state index contributed by atoms with van der Waals surface area (Å²) in [5.41, 5.74) is 5.05. The summed E-state index contributed by atoms with van der Waals surface area (Å²) < 4.78 is 0. The standard InChI is InChI=1S/C18H25N/c1-8-11-18(17(9-2)10-3)19-16(7)15(6)13-12-14(4)5/h8-10,12-13H,1-2,7,11H2,3-6H3/b15-13-,17-10+,19-18?. The molecule has 102 valence electrons. The Hall–Kier alpha value is -1.89. The zero-order chi connectivity index (χ0) is 14.8. The van der Waals surface area contributed by atoms with E-state index in [0.29, 0.717) is 6.42 Å². The lowest BCUT2D eigenvalue weighted by atomic mass is 10.1. The van der Waals surface area contributed by atoms with Crippen LogP contribution in [-0.4, -0.2) is 5.71 Å². The Kier molecular flexibility index (Phi) is 8.19. The SMILES string of the molecule is C=CCC(=NC(=C)/C(C)=C\C=C(C)C)/C(C=C)=C/C. The monoisotopic (exact) mass is 255 g/mol. The molecule has 0 N–H and O–H groups in total. The van der Waals surface area contributed by atoms with E-state index in [0.717, 1.165) is 22.6 Å². The lowest BCUT2D eigenvalue weighted by molar-refractivity contribution is 1.26. The molecule has 0 aliphatic rings. The van der Waals surface area contributed by atoms with Crippen LogP contribution in [0.1, 0.15) is 34.1 Å². The zero-order valence-electron chi connectivity index (χ0n) is 12.7. The van der Waals surface area contributed by atoms with Crippen molar-refractivity contribution < 1.29 is 0 Å². The van der Waals surface area contributed by atoms with Gasteiger partial charge in [0, 0.05) is 6.42 Å². The molecule has 0 bridgehead atoms. The quantitative estimate of drug-likeness (QED) is 0.321. The summed E-state index contributed by atoms with van der Waals surface area (Å²) in [4.78, 5) is 4.60. The average molecular weight is 255 g/mol. The van der Waals surface area contributed by atoms with E-state index in [-0.39, 0.29) is 0 Å². The molecule has 0 spiro atoms. The molecular weight excluding hydrogens is 230 g/mol. The molecule has 0 heterocycles. The molecule has 0 saturated carbocycles. The minimum atomic E-state index is 0.709. The number of aliphatic imine (C=N–C) groups is 1. The van der Waals surface area contributed by atoms with Gasteiger partial charge in [0.25, 0.3) is 0 Å². The van der Waals surface area contributed by atoms with Crippen molar-refractivity contribution in [1.82, 2.24) is 0 Å². The maximum Gasteiger partial charge on any atom is 0.0590 e. The average Bonchev–Trinajstić information content (AvgIpc) is 2.37. The molecule has 0 fully saturated rings. The van der Waals surface area contributed by atoms with Crippen molar-refractivity contribution in [3.8, 4) is 0 Å². The van der Waals surface area contributed by atoms with Crippen molar-refractivity contribution in [1.29, 1.82) is 0 Å². The van der Waals surface area contributed by atoms with Crippen LogP contribution in [0.3, 0.4) is 0 Å². The minimum Gasteiger partial charge on any atom is -0.253 e. The van der Waals surface area contributed by atoms with E-state index in [9.17, 15) is 0 Å². The largest absolute Gasteiger partial charge is 0.253 e. The van der Waals surface area contributed by atoms with Crippen LogP contribution in [-0.2, 0) is 0 Å². The summed E-state index contributed by atoms with van der Waals surface area (Å²) in [5.74, 6) is 0. The van der Waals surface area contributed by atoms with E-state index in [1.54, 1.807) is 0 Å². The molecule has 0 radical (unpaired) electrons. The normalized spacial score (nSPS) is 12.9. The van der Waals surface area contributed by atoms with E-state index >= 15 is 0 Å². The van der Waals surface area contributed by atoms with Crippen LogP contribution in [0.25, 0.3) is 0 Å². The molecule has 0 rings (SSSR count). The summed E-state index contributed by atoms with van der Waals surface area (Å²) in [6.07, 6.45) is 10.5. The smallest absolute Gasteiger partial charge is 0.0590 e. The topological polar surface area (TPSA) is 12.4 Å². The summed E-state index contributed by atoms with van der Waals surface area (Å²) in [6, 6.07) is 0. The van der Waals surface area contributed by atoms with Gasteiger partial charge in [0.2, 0.25) is 0 Å². The van der Waals surface area contributed by atoms with Gasteiger partial charge in [-0.2, -0.15) is 0 Å². The number of hydrogen-bond donors (Lipinski definition) is 0. The van der Waals surface area contributed by atoms with Gasteiger partial charge in [-0.1, -0.05) is 49.1 Å². The first-order valence-electron chi connectivity index (χ1n) is 6.44. The molecule has 0 saturated heterocycles. The highest BCUT2D eigenvalue weighted by Gasteiger charge is 2.03. The second-order valence-corrected chi connectivity index (χ2v) is 4.54. The first kappa shape index (κ1) is 17.1. The lowest BCUT2D eigenvalue weighted by Gasteiger charge is -2.07. The molecule has 0 aliphatic carbocycles. The zero-order valence-corrected chi connectivity index (χ0v) is 12.7. The highest BCUT2D eigenvalue weighted by Crippen LogP contribution is 2.14. The highest BCUT2D eigenvalue weighted by molar-refractivity contribution is 6.03. The second-order valence-electron chi connectivity index (χ2n) is 4.54. The molecule has 19 heavy (non-hydrogen) atoms. The van der Waals surface area contributed by atoms with Crippen LogP contribution in [0.2, 0.25) is 0 Å². The number of allylic oxidation sites excluding steroid dienone is 8. The van der Waals surface area contributed by atoms with Gasteiger partial charge in [0.05, 0.1) is 11.4 Å². The summed E-state index contributed by atoms with van der Waals surface area (Å²) in [7, 11) is 0. The maximum absolute atomic E-state index is 4.60. The summed E-state index contributed by atoms with van der Waals surface area (Å²) >= 11 is 0. The molecule has 0 aromatic rings. The predicted molar refractivity (Wildman–Crippen MR) is 88.5 cm³/mol. The third kappa shape index (κ3) is 6.56. The van der Waals surface area contributed by atoms with Crippen LogP contribution in [0.5, 0.6) is 0 Å². The van der Waals surface area contributed by atoms with E-state index in [1.807, 2.05) is 38.2 Å². The predicted octanol–water partition coefficient (Wildman–Crippen LogP) is 5.56. The van der Waals surface area contributed by atoms with E-state index < -0.39 is 0 Å². The number of nitrogens with zero attached hydrogens (tertiary/aromatic N) is 1. The van der Waals surface area contributed by atoms with Gasteiger partial charge in [-0.15, -0.1) is 6.58 Å². The Morgan fingerprint density at radius 1 is 1.11 bits per heavy atom. The Morgan fingerprint density at radius 3 is 2.16 bits per heavy atom. The van der Waals surface area contributed by atoms with Gasteiger partial charge in [0.1, 0.15) is 0 Å². The van der Waals surface area contributed by atoms with E-state index in [1.165, 1.54) is 5.57 Å².